The summed E-state index contributed by atoms with van der Waals surface area (Å²) >= 11 is 0. The van der Waals surface area contributed by atoms with Gasteiger partial charge in [0, 0.05) is 57.9 Å². The van der Waals surface area contributed by atoms with Crippen LogP contribution in [0.5, 0.6) is 0 Å². The minimum atomic E-state index is 0.186. The van der Waals surface area contributed by atoms with Crippen LogP contribution in [0.3, 0.4) is 0 Å². The molecule has 1 saturated carbocycles. The molecule has 126 valence electrons. The summed E-state index contributed by atoms with van der Waals surface area (Å²) in [5, 5.41) is 0. The summed E-state index contributed by atoms with van der Waals surface area (Å²) in [6.45, 7) is 6.88. The van der Waals surface area contributed by atoms with Crippen LogP contribution in [0.15, 0.2) is 0 Å². The van der Waals surface area contributed by atoms with Gasteiger partial charge in [0.25, 0.3) is 0 Å². The summed E-state index contributed by atoms with van der Waals surface area (Å²) in [5.74, 6) is 1.33. The quantitative estimate of drug-likeness (QED) is 0.847. The smallest absolute Gasteiger partial charge is 0.225 e. The molecule has 1 aliphatic carbocycles. The summed E-state index contributed by atoms with van der Waals surface area (Å²) in [5.41, 5.74) is 6.03. The Morgan fingerprint density at radius 2 is 1.77 bits per heavy atom. The molecule has 0 bridgehead atoms. The van der Waals surface area contributed by atoms with Crippen LogP contribution in [-0.2, 0) is 9.53 Å². The molecular formula is C17H31N3O2. The molecule has 2 aliphatic heterocycles. The number of hydrogen-bond acceptors (Lipinski definition) is 4. The van der Waals surface area contributed by atoms with Crippen molar-refractivity contribution in [2.75, 3.05) is 45.9 Å². The first kappa shape index (κ1) is 16.2. The highest BCUT2D eigenvalue weighted by Crippen LogP contribution is 2.25. The molecule has 0 aromatic heterocycles. The summed E-state index contributed by atoms with van der Waals surface area (Å²) in [7, 11) is 0. The van der Waals surface area contributed by atoms with Crippen LogP contribution in [0.2, 0.25) is 0 Å². The molecule has 2 heterocycles. The van der Waals surface area contributed by atoms with Crippen molar-refractivity contribution in [2.45, 2.75) is 44.6 Å². The maximum absolute atomic E-state index is 12.6. The fourth-order valence-electron chi connectivity index (χ4n) is 4.16. The predicted octanol–water partition coefficient (Wildman–Crippen LogP) is 1.07. The van der Waals surface area contributed by atoms with Gasteiger partial charge in [-0.15, -0.1) is 0 Å². The molecule has 3 aliphatic rings. The minimum Gasteiger partial charge on any atom is -0.381 e. The number of nitrogens with two attached hydrogens (primary N) is 1. The van der Waals surface area contributed by atoms with Gasteiger partial charge in [0.2, 0.25) is 5.91 Å². The number of carbonyl (C=O) groups excluding carboxylic acids is 1. The number of hydrogen-bond donors (Lipinski definition) is 1. The molecule has 0 spiro atoms. The molecule has 5 heteroatoms. The van der Waals surface area contributed by atoms with Gasteiger partial charge >= 0.3 is 0 Å². The van der Waals surface area contributed by atoms with E-state index in [1.807, 2.05) is 0 Å². The van der Waals surface area contributed by atoms with Crippen LogP contribution >= 0.6 is 0 Å². The van der Waals surface area contributed by atoms with E-state index in [1.165, 1.54) is 19.4 Å². The predicted molar refractivity (Wildman–Crippen MR) is 86.5 cm³/mol. The SMILES string of the molecule is NC1CCCC(C(=O)N2CCN(CC3CCOCC3)CC2)C1. The summed E-state index contributed by atoms with van der Waals surface area (Å²) in [6, 6.07) is 0.234. The second kappa shape index (κ2) is 7.75. The van der Waals surface area contributed by atoms with Gasteiger partial charge in [-0.05, 0) is 38.0 Å². The third kappa shape index (κ3) is 4.21. The molecule has 2 atom stereocenters. The van der Waals surface area contributed by atoms with Crippen molar-refractivity contribution in [1.29, 1.82) is 0 Å². The van der Waals surface area contributed by atoms with Crippen molar-refractivity contribution in [3.8, 4) is 0 Å². The molecule has 3 rings (SSSR count). The fourth-order valence-corrected chi connectivity index (χ4v) is 4.16. The van der Waals surface area contributed by atoms with Crippen molar-refractivity contribution >= 4 is 5.91 Å². The van der Waals surface area contributed by atoms with Crippen molar-refractivity contribution in [3.05, 3.63) is 0 Å². The van der Waals surface area contributed by atoms with E-state index in [0.717, 1.165) is 71.0 Å². The number of carbonyl (C=O) groups is 1. The van der Waals surface area contributed by atoms with Crippen LogP contribution in [0.1, 0.15) is 38.5 Å². The van der Waals surface area contributed by atoms with E-state index >= 15 is 0 Å². The largest absolute Gasteiger partial charge is 0.381 e. The van der Waals surface area contributed by atoms with E-state index in [2.05, 4.69) is 9.80 Å². The van der Waals surface area contributed by atoms with Gasteiger partial charge in [0.05, 0.1) is 0 Å². The molecule has 0 radical (unpaired) electrons. The number of rotatable bonds is 3. The molecule has 2 unspecified atom stereocenters. The Kier molecular flexibility index (Phi) is 5.71. The highest BCUT2D eigenvalue weighted by Gasteiger charge is 2.31. The first-order valence-electron chi connectivity index (χ1n) is 9.07. The number of piperazine rings is 1. The van der Waals surface area contributed by atoms with Gasteiger partial charge in [-0.3, -0.25) is 9.69 Å². The van der Waals surface area contributed by atoms with Crippen molar-refractivity contribution in [2.24, 2.45) is 17.6 Å². The average Bonchev–Trinajstić information content (AvgIpc) is 2.56. The van der Waals surface area contributed by atoms with Gasteiger partial charge in [-0.1, -0.05) is 6.42 Å². The zero-order valence-corrected chi connectivity index (χ0v) is 13.7. The molecule has 22 heavy (non-hydrogen) atoms. The topological polar surface area (TPSA) is 58.8 Å². The highest BCUT2D eigenvalue weighted by atomic mass is 16.5. The first-order chi connectivity index (χ1) is 10.7. The second-order valence-corrected chi connectivity index (χ2v) is 7.31. The van der Waals surface area contributed by atoms with Crippen LogP contribution in [0, 0.1) is 11.8 Å². The van der Waals surface area contributed by atoms with E-state index in [-0.39, 0.29) is 12.0 Å². The Hall–Kier alpha value is -0.650. The van der Waals surface area contributed by atoms with Gasteiger partial charge in [0.15, 0.2) is 0 Å². The zero-order chi connectivity index (χ0) is 15.4. The van der Waals surface area contributed by atoms with E-state index in [1.54, 1.807) is 0 Å². The molecule has 1 amide bonds. The van der Waals surface area contributed by atoms with Crippen molar-refractivity contribution in [1.82, 2.24) is 9.80 Å². The van der Waals surface area contributed by atoms with Crippen molar-refractivity contribution < 1.29 is 9.53 Å². The monoisotopic (exact) mass is 309 g/mol. The van der Waals surface area contributed by atoms with Gasteiger partial charge in [-0.25, -0.2) is 0 Å². The normalized spacial score (nSPS) is 32.1. The van der Waals surface area contributed by atoms with Gasteiger partial charge in [-0.2, -0.15) is 0 Å². The summed E-state index contributed by atoms with van der Waals surface area (Å²) < 4.78 is 5.43. The fraction of sp³-hybridized carbons (Fsp3) is 0.941. The summed E-state index contributed by atoms with van der Waals surface area (Å²) in [6.07, 6.45) is 6.51. The summed E-state index contributed by atoms with van der Waals surface area (Å²) in [4.78, 5) is 17.3. The number of amides is 1. The van der Waals surface area contributed by atoms with Gasteiger partial charge < -0.3 is 15.4 Å². The Morgan fingerprint density at radius 3 is 2.45 bits per heavy atom. The molecule has 3 fully saturated rings. The molecule has 5 nitrogen and oxygen atoms in total. The Labute approximate surface area is 134 Å². The lowest BCUT2D eigenvalue weighted by Gasteiger charge is -2.39. The zero-order valence-electron chi connectivity index (χ0n) is 13.7. The van der Waals surface area contributed by atoms with Crippen LogP contribution in [-0.4, -0.2) is 67.7 Å². The first-order valence-corrected chi connectivity index (χ1v) is 9.07. The Balaban J connectivity index is 1.41. The minimum absolute atomic E-state index is 0.186. The molecule has 2 saturated heterocycles. The standard InChI is InChI=1S/C17H31N3O2/c18-16-3-1-2-15(12-16)17(21)20-8-6-19(7-9-20)13-14-4-10-22-11-5-14/h14-16H,1-13,18H2. The third-order valence-corrected chi connectivity index (χ3v) is 5.61. The molecule has 2 N–H and O–H groups in total. The lowest BCUT2D eigenvalue weighted by Crippen LogP contribution is -2.52. The van der Waals surface area contributed by atoms with Gasteiger partial charge in [0.1, 0.15) is 0 Å². The molecular weight excluding hydrogens is 278 g/mol. The average molecular weight is 309 g/mol. The number of ether oxygens (including phenoxy) is 1. The second-order valence-electron chi connectivity index (χ2n) is 7.31. The van der Waals surface area contributed by atoms with Crippen LogP contribution in [0.4, 0.5) is 0 Å². The van der Waals surface area contributed by atoms with Crippen LogP contribution in [0.25, 0.3) is 0 Å². The van der Waals surface area contributed by atoms with E-state index < -0.39 is 0 Å². The lowest BCUT2D eigenvalue weighted by molar-refractivity contribution is -0.138. The number of nitrogens with zero attached hydrogens (tertiary/aromatic N) is 2. The van der Waals surface area contributed by atoms with E-state index in [9.17, 15) is 4.79 Å². The molecule has 0 aromatic rings. The Bertz CT molecular complexity index is 363. The van der Waals surface area contributed by atoms with E-state index in [0.29, 0.717) is 5.91 Å². The lowest BCUT2D eigenvalue weighted by atomic mass is 9.85. The maximum atomic E-state index is 12.6. The highest BCUT2D eigenvalue weighted by molar-refractivity contribution is 5.79. The Morgan fingerprint density at radius 1 is 1.05 bits per heavy atom. The van der Waals surface area contributed by atoms with Crippen molar-refractivity contribution in [3.63, 3.8) is 0 Å². The maximum Gasteiger partial charge on any atom is 0.225 e. The van der Waals surface area contributed by atoms with Crippen LogP contribution < -0.4 is 5.73 Å². The molecule has 0 aromatic carbocycles. The van der Waals surface area contributed by atoms with E-state index in [4.69, 9.17) is 10.5 Å². The third-order valence-electron chi connectivity index (χ3n) is 5.61.